The summed E-state index contributed by atoms with van der Waals surface area (Å²) < 4.78 is 20.9. The van der Waals surface area contributed by atoms with E-state index in [0.717, 1.165) is 24.0 Å². The van der Waals surface area contributed by atoms with E-state index in [1.807, 2.05) is 30.3 Å². The highest BCUT2D eigenvalue weighted by molar-refractivity contribution is 14.1. The van der Waals surface area contributed by atoms with Crippen LogP contribution in [0.5, 0.6) is 11.5 Å². The van der Waals surface area contributed by atoms with Crippen LogP contribution in [0.1, 0.15) is 31.0 Å². The van der Waals surface area contributed by atoms with Gasteiger partial charge in [0.25, 0.3) is 5.56 Å². The molecule has 0 radical (unpaired) electrons. The molecule has 0 fully saturated rings. The van der Waals surface area contributed by atoms with E-state index in [1.165, 1.54) is 11.3 Å². The van der Waals surface area contributed by atoms with E-state index >= 15 is 0 Å². The SMILES string of the molecule is CCOC(=O)C1=C(C)N=c2s/c(=C/c3cc(I)c(OC)c(I)c3)c(=O)n2[C@H]1c1ccc(OC)c(Br)c1. The molecular weight excluding hydrogens is 774 g/mol. The Labute approximate surface area is 247 Å². The van der Waals surface area contributed by atoms with Crippen molar-refractivity contribution in [3.8, 4) is 11.5 Å². The van der Waals surface area contributed by atoms with Gasteiger partial charge in [0, 0.05) is 0 Å². The lowest BCUT2D eigenvalue weighted by molar-refractivity contribution is -0.139. The van der Waals surface area contributed by atoms with Gasteiger partial charge in [0.1, 0.15) is 11.5 Å². The van der Waals surface area contributed by atoms with Gasteiger partial charge >= 0.3 is 5.97 Å². The molecular formula is C25H21BrI2N2O5S. The summed E-state index contributed by atoms with van der Waals surface area (Å²) in [7, 11) is 3.22. The minimum atomic E-state index is -0.694. The van der Waals surface area contributed by atoms with Crippen LogP contribution in [-0.2, 0) is 9.53 Å². The molecule has 1 aliphatic heterocycles. The molecule has 7 nitrogen and oxygen atoms in total. The zero-order valence-electron chi connectivity index (χ0n) is 19.7. The second-order valence-corrected chi connectivity index (χ2v) is 11.9. The third-order valence-electron chi connectivity index (χ3n) is 5.53. The van der Waals surface area contributed by atoms with Crippen molar-refractivity contribution >= 4 is 84.5 Å². The monoisotopic (exact) mass is 794 g/mol. The van der Waals surface area contributed by atoms with Crippen LogP contribution < -0.4 is 24.4 Å². The Morgan fingerprint density at radius 2 is 1.89 bits per heavy atom. The number of halogens is 3. The third kappa shape index (κ3) is 5.16. The Morgan fingerprint density at radius 1 is 1.19 bits per heavy atom. The lowest BCUT2D eigenvalue weighted by atomic mass is 9.96. The van der Waals surface area contributed by atoms with E-state index in [1.54, 1.807) is 38.7 Å². The average molecular weight is 795 g/mol. The molecule has 0 saturated carbocycles. The first kappa shape index (κ1) is 27.3. The minimum absolute atomic E-state index is 0.216. The molecule has 3 aromatic rings. The number of fused-ring (bicyclic) bond motifs is 1. The summed E-state index contributed by atoms with van der Waals surface area (Å²) in [4.78, 5) is 32.0. The Bertz CT molecular complexity index is 1550. The van der Waals surface area contributed by atoms with Crippen LogP contribution in [0.2, 0.25) is 0 Å². The number of carbonyl (C=O) groups is 1. The Balaban J connectivity index is 1.96. The summed E-state index contributed by atoms with van der Waals surface area (Å²) in [5, 5.41) is 0. The van der Waals surface area contributed by atoms with Gasteiger partial charge in [-0.1, -0.05) is 17.4 Å². The summed E-state index contributed by atoms with van der Waals surface area (Å²) in [6, 6.07) is 8.74. The number of esters is 1. The van der Waals surface area contributed by atoms with Crippen molar-refractivity contribution in [3.63, 3.8) is 0 Å². The van der Waals surface area contributed by atoms with Crippen molar-refractivity contribution in [1.82, 2.24) is 4.57 Å². The largest absolute Gasteiger partial charge is 0.496 e. The molecule has 2 aromatic carbocycles. The number of rotatable bonds is 6. The maximum absolute atomic E-state index is 13.8. The van der Waals surface area contributed by atoms with Gasteiger partial charge in [-0.25, -0.2) is 9.79 Å². The number of aromatic nitrogens is 1. The number of nitrogens with zero attached hydrogens (tertiary/aromatic N) is 2. The number of ether oxygens (including phenoxy) is 3. The van der Waals surface area contributed by atoms with Crippen LogP contribution >= 0.6 is 72.4 Å². The summed E-state index contributed by atoms with van der Waals surface area (Å²) in [5.41, 5.74) is 2.24. The predicted molar refractivity (Wildman–Crippen MR) is 160 cm³/mol. The summed E-state index contributed by atoms with van der Waals surface area (Å²) in [6.45, 7) is 3.73. The van der Waals surface area contributed by atoms with Gasteiger partial charge < -0.3 is 14.2 Å². The van der Waals surface area contributed by atoms with E-state index in [2.05, 4.69) is 66.1 Å². The van der Waals surface area contributed by atoms with Gasteiger partial charge in [0.05, 0.1) is 54.3 Å². The van der Waals surface area contributed by atoms with E-state index in [9.17, 15) is 9.59 Å². The van der Waals surface area contributed by atoms with Crippen LogP contribution in [0.25, 0.3) is 6.08 Å². The van der Waals surface area contributed by atoms with Gasteiger partial charge in [-0.15, -0.1) is 0 Å². The molecule has 188 valence electrons. The number of carbonyl (C=O) groups excluding carboxylic acids is 1. The van der Waals surface area contributed by atoms with E-state index < -0.39 is 12.0 Å². The maximum Gasteiger partial charge on any atom is 0.338 e. The molecule has 11 heteroatoms. The molecule has 0 aliphatic carbocycles. The van der Waals surface area contributed by atoms with Crippen molar-refractivity contribution in [2.24, 2.45) is 4.99 Å². The highest BCUT2D eigenvalue weighted by Crippen LogP contribution is 2.35. The first-order valence-electron chi connectivity index (χ1n) is 10.8. The van der Waals surface area contributed by atoms with E-state index in [-0.39, 0.29) is 12.2 Å². The number of hydrogen-bond donors (Lipinski definition) is 0. The summed E-state index contributed by atoms with van der Waals surface area (Å²) >= 11 is 9.25. The minimum Gasteiger partial charge on any atom is -0.496 e. The molecule has 1 atom stereocenters. The van der Waals surface area contributed by atoms with Gasteiger partial charge in [-0.05, 0) is 116 Å². The lowest BCUT2D eigenvalue weighted by Crippen LogP contribution is -2.40. The zero-order chi connectivity index (χ0) is 26.1. The zero-order valence-corrected chi connectivity index (χ0v) is 26.4. The van der Waals surface area contributed by atoms with Gasteiger partial charge in [-0.2, -0.15) is 0 Å². The second kappa shape index (κ2) is 11.4. The smallest absolute Gasteiger partial charge is 0.338 e. The molecule has 0 unspecified atom stereocenters. The van der Waals surface area contributed by atoms with Gasteiger partial charge in [-0.3, -0.25) is 9.36 Å². The molecule has 36 heavy (non-hydrogen) atoms. The molecule has 0 N–H and O–H groups in total. The maximum atomic E-state index is 13.8. The molecule has 4 rings (SSSR count). The van der Waals surface area contributed by atoms with Crippen LogP contribution in [0.4, 0.5) is 0 Å². The van der Waals surface area contributed by atoms with Crippen molar-refractivity contribution in [3.05, 3.63) is 84.0 Å². The topological polar surface area (TPSA) is 79.1 Å². The fourth-order valence-corrected chi connectivity index (χ4v) is 7.83. The van der Waals surface area contributed by atoms with Crippen LogP contribution in [0, 0.1) is 7.14 Å². The molecule has 0 amide bonds. The third-order valence-corrected chi connectivity index (χ3v) is 8.74. The normalized spacial score (nSPS) is 15.4. The first-order valence-corrected chi connectivity index (χ1v) is 14.5. The molecule has 1 aliphatic rings. The quantitative estimate of drug-likeness (QED) is 0.265. The van der Waals surface area contributed by atoms with Gasteiger partial charge in [0.15, 0.2) is 4.80 Å². The number of hydrogen-bond acceptors (Lipinski definition) is 7. The van der Waals surface area contributed by atoms with Crippen molar-refractivity contribution in [2.75, 3.05) is 20.8 Å². The Hall–Kier alpha value is -1.71. The predicted octanol–water partition coefficient (Wildman–Crippen LogP) is 4.79. The lowest BCUT2D eigenvalue weighted by Gasteiger charge is -2.25. The highest BCUT2D eigenvalue weighted by atomic mass is 127. The molecule has 2 heterocycles. The molecule has 0 spiro atoms. The number of methoxy groups -OCH3 is 2. The number of benzene rings is 2. The standard InChI is InChI=1S/C25H21BrI2N2O5S/c1-5-35-24(32)20-12(2)29-25-30(21(20)14-6-7-18(33-3)15(26)11-14)23(31)19(36-25)10-13-8-16(27)22(34-4)17(28)9-13/h6-11,21H,5H2,1-4H3/b19-10+/t21-/m0/s1. The molecule has 0 bridgehead atoms. The van der Waals surface area contributed by atoms with E-state index in [0.29, 0.717) is 30.8 Å². The molecule has 1 aromatic heterocycles. The Kier molecular flexibility index (Phi) is 8.62. The highest BCUT2D eigenvalue weighted by Gasteiger charge is 2.33. The number of allylic oxidation sites excluding steroid dienone is 1. The fourth-order valence-electron chi connectivity index (χ4n) is 3.97. The van der Waals surface area contributed by atoms with Crippen molar-refractivity contribution in [1.29, 1.82) is 0 Å². The van der Waals surface area contributed by atoms with Crippen LogP contribution in [-0.4, -0.2) is 31.4 Å². The van der Waals surface area contributed by atoms with Crippen LogP contribution in [0.15, 0.2) is 55.9 Å². The van der Waals surface area contributed by atoms with Crippen molar-refractivity contribution in [2.45, 2.75) is 19.9 Å². The molecule has 0 saturated heterocycles. The first-order chi connectivity index (χ1) is 17.2. The average Bonchev–Trinajstić information content (AvgIpc) is 3.12. The van der Waals surface area contributed by atoms with Gasteiger partial charge in [0.2, 0.25) is 0 Å². The summed E-state index contributed by atoms with van der Waals surface area (Å²) in [6.07, 6.45) is 1.85. The van der Waals surface area contributed by atoms with Crippen LogP contribution in [0.3, 0.4) is 0 Å². The number of thiazole rings is 1. The van der Waals surface area contributed by atoms with E-state index in [4.69, 9.17) is 14.2 Å². The Morgan fingerprint density at radius 3 is 2.47 bits per heavy atom. The fraction of sp³-hybridized carbons (Fsp3) is 0.240. The second-order valence-electron chi connectivity index (χ2n) is 7.71. The summed E-state index contributed by atoms with van der Waals surface area (Å²) in [5.74, 6) is 0.951. The van der Waals surface area contributed by atoms with Crippen molar-refractivity contribution < 1.29 is 19.0 Å².